The topological polar surface area (TPSA) is 29.1 Å². The van der Waals surface area contributed by atoms with Gasteiger partial charge in [0.15, 0.2) is 0 Å². The average Bonchev–Trinajstić information content (AvgIpc) is 2.53. The molecule has 0 aliphatic heterocycles. The van der Waals surface area contributed by atoms with Gasteiger partial charge in [-0.15, -0.1) is 0 Å². The fourth-order valence-corrected chi connectivity index (χ4v) is 3.15. The van der Waals surface area contributed by atoms with Gasteiger partial charge in [-0.1, -0.05) is 50.2 Å². The van der Waals surface area contributed by atoms with Crippen LogP contribution in [0.2, 0.25) is 0 Å². The van der Waals surface area contributed by atoms with Crippen LogP contribution in [-0.2, 0) is 10.2 Å². The summed E-state index contributed by atoms with van der Waals surface area (Å²) in [6.07, 6.45) is 0. The first-order valence-electron chi connectivity index (χ1n) is 6.31. The molecular weight excluding hydrogens is 222 g/mol. The fourth-order valence-electron chi connectivity index (χ4n) is 3.15. The van der Waals surface area contributed by atoms with E-state index >= 15 is 0 Å². The summed E-state index contributed by atoms with van der Waals surface area (Å²) >= 11 is 0. The quantitative estimate of drug-likeness (QED) is 0.812. The zero-order valence-corrected chi connectivity index (χ0v) is 10.9. The maximum atomic E-state index is 11.4. The minimum absolute atomic E-state index is 0.0258. The molecule has 92 valence electrons. The summed E-state index contributed by atoms with van der Waals surface area (Å²) in [5.74, 6) is 0.0258. The third-order valence-corrected chi connectivity index (χ3v) is 4.01. The molecule has 1 N–H and O–H groups in total. The van der Waals surface area contributed by atoms with Gasteiger partial charge >= 0.3 is 0 Å². The van der Waals surface area contributed by atoms with E-state index in [1.54, 1.807) is 6.92 Å². The lowest BCUT2D eigenvalue weighted by Gasteiger charge is -2.29. The van der Waals surface area contributed by atoms with Crippen molar-refractivity contribution in [3.8, 4) is 0 Å². The van der Waals surface area contributed by atoms with Crippen molar-refractivity contribution < 1.29 is 4.79 Å². The molecule has 0 heterocycles. The smallest absolute Gasteiger partial charge is 0.217 e. The van der Waals surface area contributed by atoms with E-state index < -0.39 is 0 Å². The lowest BCUT2D eigenvalue weighted by Crippen LogP contribution is -2.36. The molecule has 0 spiro atoms. The molecule has 2 aromatic carbocycles. The van der Waals surface area contributed by atoms with Crippen molar-refractivity contribution in [3.63, 3.8) is 0 Å². The SMILES string of the molecule is CC(=O)N[C@@H]1c2cccc3cccc(c23)C1(C)C. The molecular formula is C16H17NO. The second-order valence-electron chi connectivity index (χ2n) is 5.61. The first kappa shape index (κ1) is 11.3. The predicted octanol–water partition coefficient (Wildman–Crippen LogP) is 3.31. The largest absolute Gasteiger partial charge is 0.349 e. The van der Waals surface area contributed by atoms with Crippen LogP contribution in [0.1, 0.15) is 37.9 Å². The highest BCUT2D eigenvalue weighted by atomic mass is 16.1. The summed E-state index contributed by atoms with van der Waals surface area (Å²) in [7, 11) is 0. The fraction of sp³-hybridized carbons (Fsp3) is 0.312. The summed E-state index contributed by atoms with van der Waals surface area (Å²) in [4.78, 5) is 11.4. The molecule has 2 aromatic rings. The molecule has 0 aromatic heterocycles. The molecule has 1 aliphatic carbocycles. The van der Waals surface area contributed by atoms with Gasteiger partial charge in [0.25, 0.3) is 0 Å². The second kappa shape index (κ2) is 3.58. The van der Waals surface area contributed by atoms with Gasteiger partial charge in [0.05, 0.1) is 6.04 Å². The normalized spacial score (nSPS) is 20.1. The molecule has 1 aliphatic rings. The Labute approximate surface area is 107 Å². The molecule has 2 nitrogen and oxygen atoms in total. The van der Waals surface area contributed by atoms with Crippen LogP contribution in [0.5, 0.6) is 0 Å². The molecule has 0 unspecified atom stereocenters. The van der Waals surface area contributed by atoms with Crippen LogP contribution in [0.15, 0.2) is 36.4 Å². The first-order valence-corrected chi connectivity index (χ1v) is 6.31. The Kier molecular flexibility index (Phi) is 2.24. The van der Waals surface area contributed by atoms with E-state index in [9.17, 15) is 4.79 Å². The summed E-state index contributed by atoms with van der Waals surface area (Å²) in [5, 5.41) is 5.66. The highest BCUT2D eigenvalue weighted by Gasteiger charge is 2.40. The third kappa shape index (κ3) is 1.38. The number of rotatable bonds is 1. The van der Waals surface area contributed by atoms with Crippen LogP contribution in [0.3, 0.4) is 0 Å². The van der Waals surface area contributed by atoms with E-state index in [0.29, 0.717) is 0 Å². The lowest BCUT2D eigenvalue weighted by molar-refractivity contribution is -0.120. The van der Waals surface area contributed by atoms with Crippen LogP contribution in [0.25, 0.3) is 10.8 Å². The zero-order chi connectivity index (χ0) is 12.9. The number of amides is 1. The van der Waals surface area contributed by atoms with Gasteiger partial charge in [-0.25, -0.2) is 0 Å². The first-order chi connectivity index (χ1) is 8.51. The molecule has 0 saturated carbocycles. The van der Waals surface area contributed by atoms with Gasteiger partial charge in [-0.2, -0.15) is 0 Å². The monoisotopic (exact) mass is 239 g/mol. The maximum absolute atomic E-state index is 11.4. The van der Waals surface area contributed by atoms with Crippen molar-refractivity contribution >= 4 is 16.7 Å². The predicted molar refractivity (Wildman–Crippen MR) is 73.5 cm³/mol. The standard InChI is InChI=1S/C16H17NO/c1-10(18)17-15-12-8-4-6-11-7-5-9-13(14(11)12)16(15,2)3/h4-9,15H,1-3H3,(H,17,18)/t15-/m1/s1. The maximum Gasteiger partial charge on any atom is 0.217 e. The minimum atomic E-state index is -0.0606. The molecule has 0 bridgehead atoms. The van der Waals surface area contributed by atoms with Crippen LogP contribution in [0.4, 0.5) is 0 Å². The second-order valence-corrected chi connectivity index (χ2v) is 5.61. The minimum Gasteiger partial charge on any atom is -0.349 e. The number of nitrogens with one attached hydrogen (secondary N) is 1. The number of hydrogen-bond donors (Lipinski definition) is 1. The van der Waals surface area contributed by atoms with Crippen LogP contribution in [0, 0.1) is 0 Å². The Morgan fingerprint density at radius 2 is 1.83 bits per heavy atom. The van der Waals surface area contributed by atoms with E-state index in [2.05, 4.69) is 55.6 Å². The molecule has 0 saturated heterocycles. The van der Waals surface area contributed by atoms with Crippen molar-refractivity contribution in [2.75, 3.05) is 0 Å². The van der Waals surface area contributed by atoms with E-state index in [0.717, 1.165) is 0 Å². The molecule has 0 fully saturated rings. The van der Waals surface area contributed by atoms with E-state index in [1.165, 1.54) is 21.9 Å². The Morgan fingerprint density at radius 1 is 1.17 bits per heavy atom. The number of benzene rings is 2. The highest BCUT2D eigenvalue weighted by Crippen LogP contribution is 2.48. The van der Waals surface area contributed by atoms with Crippen molar-refractivity contribution in [2.45, 2.75) is 32.2 Å². The lowest BCUT2D eigenvalue weighted by atomic mass is 9.81. The van der Waals surface area contributed by atoms with E-state index in [4.69, 9.17) is 0 Å². The number of carbonyl (C=O) groups excluding carboxylic acids is 1. The Balaban J connectivity index is 2.30. The summed E-state index contributed by atoms with van der Waals surface area (Å²) in [6, 6.07) is 12.8. The van der Waals surface area contributed by atoms with Crippen molar-refractivity contribution in [2.24, 2.45) is 0 Å². The van der Waals surface area contributed by atoms with Crippen molar-refractivity contribution in [3.05, 3.63) is 47.5 Å². The third-order valence-electron chi connectivity index (χ3n) is 4.01. The van der Waals surface area contributed by atoms with Crippen LogP contribution in [-0.4, -0.2) is 5.91 Å². The van der Waals surface area contributed by atoms with Gasteiger partial charge in [0.2, 0.25) is 5.91 Å². The Hall–Kier alpha value is -1.83. The van der Waals surface area contributed by atoms with Crippen LogP contribution < -0.4 is 5.32 Å². The summed E-state index contributed by atoms with van der Waals surface area (Å²) in [5.41, 5.74) is 2.51. The van der Waals surface area contributed by atoms with Crippen molar-refractivity contribution in [1.82, 2.24) is 5.32 Å². The van der Waals surface area contributed by atoms with E-state index in [1.807, 2.05) is 0 Å². The van der Waals surface area contributed by atoms with Gasteiger partial charge in [-0.05, 0) is 21.9 Å². The number of carbonyl (C=O) groups is 1. The molecule has 1 atom stereocenters. The van der Waals surface area contributed by atoms with Gasteiger partial charge in [0.1, 0.15) is 0 Å². The van der Waals surface area contributed by atoms with Crippen LogP contribution >= 0.6 is 0 Å². The zero-order valence-electron chi connectivity index (χ0n) is 10.9. The van der Waals surface area contributed by atoms with Gasteiger partial charge in [0, 0.05) is 12.3 Å². The number of hydrogen-bond acceptors (Lipinski definition) is 1. The van der Waals surface area contributed by atoms with Crippen molar-refractivity contribution in [1.29, 1.82) is 0 Å². The molecule has 1 amide bonds. The Morgan fingerprint density at radius 3 is 2.50 bits per heavy atom. The average molecular weight is 239 g/mol. The Bertz CT molecular complexity index is 637. The van der Waals surface area contributed by atoms with Gasteiger partial charge in [-0.3, -0.25) is 4.79 Å². The van der Waals surface area contributed by atoms with E-state index in [-0.39, 0.29) is 17.4 Å². The van der Waals surface area contributed by atoms with Gasteiger partial charge < -0.3 is 5.32 Å². The highest BCUT2D eigenvalue weighted by molar-refractivity contribution is 5.93. The molecule has 18 heavy (non-hydrogen) atoms. The molecule has 0 radical (unpaired) electrons. The summed E-state index contributed by atoms with van der Waals surface area (Å²) < 4.78 is 0. The molecule has 3 rings (SSSR count). The summed E-state index contributed by atoms with van der Waals surface area (Å²) in [6.45, 7) is 5.98. The molecule has 2 heteroatoms.